The van der Waals surface area contributed by atoms with Gasteiger partial charge in [-0.25, -0.2) is 0 Å². The molecule has 2 nitrogen and oxygen atoms in total. The predicted molar refractivity (Wildman–Crippen MR) is 68.8 cm³/mol. The van der Waals surface area contributed by atoms with Crippen molar-refractivity contribution >= 4 is 10.9 Å². The van der Waals surface area contributed by atoms with Crippen LogP contribution in [0.4, 0.5) is 0 Å². The minimum atomic E-state index is -0.0829. The lowest BCUT2D eigenvalue weighted by Gasteiger charge is -2.09. The van der Waals surface area contributed by atoms with Crippen molar-refractivity contribution in [1.82, 2.24) is 4.98 Å². The van der Waals surface area contributed by atoms with Gasteiger partial charge >= 0.3 is 0 Å². The van der Waals surface area contributed by atoms with Crippen LogP contribution in [0.25, 0.3) is 10.9 Å². The van der Waals surface area contributed by atoms with E-state index in [0.717, 1.165) is 36.9 Å². The van der Waals surface area contributed by atoms with Gasteiger partial charge in [-0.3, -0.25) is 4.98 Å². The zero-order chi connectivity index (χ0) is 11.7. The van der Waals surface area contributed by atoms with Gasteiger partial charge in [0.25, 0.3) is 0 Å². The number of benzene rings is 1. The molecule has 0 radical (unpaired) electrons. The number of rotatable bonds is 2. The fourth-order valence-electron chi connectivity index (χ4n) is 2.75. The van der Waals surface area contributed by atoms with Crippen LogP contribution in [0.3, 0.4) is 0 Å². The van der Waals surface area contributed by atoms with Crippen LogP contribution >= 0.6 is 0 Å². The number of nitrogens with zero attached hydrogens (tertiary/aromatic N) is 1. The molecule has 0 aliphatic heterocycles. The van der Waals surface area contributed by atoms with Crippen molar-refractivity contribution < 1.29 is 5.11 Å². The summed E-state index contributed by atoms with van der Waals surface area (Å²) in [4.78, 5) is 4.68. The van der Waals surface area contributed by atoms with E-state index in [1.54, 1.807) is 0 Å². The van der Waals surface area contributed by atoms with E-state index in [9.17, 15) is 5.11 Å². The minimum Gasteiger partial charge on any atom is -0.393 e. The fraction of sp³-hybridized carbons (Fsp3) is 0.400. The van der Waals surface area contributed by atoms with Crippen molar-refractivity contribution in [2.24, 2.45) is 5.92 Å². The molecule has 3 rings (SSSR count). The van der Waals surface area contributed by atoms with Crippen molar-refractivity contribution in [3.05, 3.63) is 42.1 Å². The maximum Gasteiger partial charge on any atom is 0.0705 e. The number of fused-ring (bicyclic) bond motifs is 1. The Balaban J connectivity index is 1.81. The molecule has 1 saturated carbocycles. The molecule has 0 amide bonds. The highest BCUT2D eigenvalue weighted by Crippen LogP contribution is 2.28. The third-order valence-electron chi connectivity index (χ3n) is 3.67. The molecule has 1 aliphatic carbocycles. The Morgan fingerprint density at radius 3 is 2.82 bits per heavy atom. The first kappa shape index (κ1) is 10.7. The van der Waals surface area contributed by atoms with Gasteiger partial charge in [-0.15, -0.1) is 0 Å². The summed E-state index contributed by atoms with van der Waals surface area (Å²) >= 11 is 0. The van der Waals surface area contributed by atoms with Crippen molar-refractivity contribution in [3.63, 3.8) is 0 Å². The average molecular weight is 227 g/mol. The van der Waals surface area contributed by atoms with Crippen LogP contribution in [-0.2, 0) is 6.42 Å². The number of hydrogen-bond acceptors (Lipinski definition) is 2. The van der Waals surface area contributed by atoms with E-state index in [4.69, 9.17) is 0 Å². The van der Waals surface area contributed by atoms with Gasteiger partial charge in [0.1, 0.15) is 0 Å². The van der Waals surface area contributed by atoms with Gasteiger partial charge in [0.15, 0.2) is 0 Å². The van der Waals surface area contributed by atoms with Crippen LogP contribution in [0, 0.1) is 5.92 Å². The van der Waals surface area contributed by atoms with Crippen molar-refractivity contribution in [3.8, 4) is 0 Å². The van der Waals surface area contributed by atoms with Crippen molar-refractivity contribution in [1.29, 1.82) is 0 Å². The Labute approximate surface area is 101 Å². The first-order valence-electron chi connectivity index (χ1n) is 6.34. The molecule has 2 unspecified atom stereocenters. The number of hydrogen-bond donors (Lipinski definition) is 1. The molecule has 2 heteroatoms. The Bertz CT molecular complexity index is 523. The third-order valence-corrected chi connectivity index (χ3v) is 3.67. The van der Waals surface area contributed by atoms with Crippen LogP contribution in [0.15, 0.2) is 36.4 Å². The summed E-state index contributed by atoms with van der Waals surface area (Å²) in [6.45, 7) is 0. The van der Waals surface area contributed by atoms with E-state index in [0.29, 0.717) is 5.92 Å². The number of aromatic nitrogens is 1. The van der Waals surface area contributed by atoms with E-state index < -0.39 is 0 Å². The highest BCUT2D eigenvalue weighted by atomic mass is 16.3. The second-order valence-corrected chi connectivity index (χ2v) is 5.03. The van der Waals surface area contributed by atoms with E-state index in [1.165, 1.54) is 5.39 Å². The lowest BCUT2D eigenvalue weighted by atomic mass is 10.0. The van der Waals surface area contributed by atoms with E-state index in [2.05, 4.69) is 29.2 Å². The molecule has 88 valence electrons. The maximum absolute atomic E-state index is 9.53. The highest BCUT2D eigenvalue weighted by molar-refractivity contribution is 5.78. The molecular formula is C15H17NO. The molecule has 17 heavy (non-hydrogen) atoms. The SMILES string of the molecule is OC1CCC(Cc2ccc3ccccc3n2)C1. The third kappa shape index (κ3) is 2.32. The largest absolute Gasteiger partial charge is 0.393 e. The summed E-state index contributed by atoms with van der Waals surface area (Å²) in [7, 11) is 0. The quantitative estimate of drug-likeness (QED) is 0.855. The van der Waals surface area contributed by atoms with Crippen LogP contribution in [0.1, 0.15) is 25.0 Å². The van der Waals surface area contributed by atoms with E-state index in [1.807, 2.05) is 12.1 Å². The Morgan fingerprint density at radius 2 is 2.00 bits per heavy atom. The van der Waals surface area contributed by atoms with Crippen molar-refractivity contribution in [2.45, 2.75) is 31.8 Å². The number of aliphatic hydroxyl groups excluding tert-OH is 1. The molecule has 2 atom stereocenters. The second-order valence-electron chi connectivity index (χ2n) is 5.03. The molecule has 0 spiro atoms. The standard InChI is InChI=1S/C15H17NO/c17-14-8-5-11(10-14)9-13-7-6-12-3-1-2-4-15(12)16-13/h1-4,6-7,11,14,17H,5,8-10H2. The first-order valence-corrected chi connectivity index (χ1v) is 6.34. The van der Waals surface area contributed by atoms with Gasteiger partial charge in [-0.05, 0) is 43.7 Å². The first-order chi connectivity index (χ1) is 8.31. The molecule has 0 saturated heterocycles. The van der Waals surface area contributed by atoms with E-state index >= 15 is 0 Å². The summed E-state index contributed by atoms with van der Waals surface area (Å²) < 4.78 is 0. The Morgan fingerprint density at radius 1 is 1.12 bits per heavy atom. The minimum absolute atomic E-state index is 0.0829. The molecule has 1 heterocycles. The molecule has 0 bridgehead atoms. The Hall–Kier alpha value is -1.41. The monoisotopic (exact) mass is 227 g/mol. The number of para-hydroxylation sites is 1. The normalized spacial score (nSPS) is 24.3. The van der Waals surface area contributed by atoms with Crippen LogP contribution in [-0.4, -0.2) is 16.2 Å². The van der Waals surface area contributed by atoms with Gasteiger partial charge < -0.3 is 5.11 Å². The number of pyridine rings is 1. The van der Waals surface area contributed by atoms with Gasteiger partial charge in [-0.1, -0.05) is 24.3 Å². The van der Waals surface area contributed by atoms with Crippen molar-refractivity contribution in [2.75, 3.05) is 0 Å². The van der Waals surface area contributed by atoms with Crippen LogP contribution < -0.4 is 0 Å². The summed E-state index contributed by atoms with van der Waals surface area (Å²) in [6.07, 6.45) is 3.95. The van der Waals surface area contributed by atoms with Gasteiger partial charge in [0.2, 0.25) is 0 Å². The zero-order valence-corrected chi connectivity index (χ0v) is 9.84. The van der Waals surface area contributed by atoms with Crippen LogP contribution in [0.5, 0.6) is 0 Å². The molecular weight excluding hydrogens is 210 g/mol. The van der Waals surface area contributed by atoms with Gasteiger partial charge in [0.05, 0.1) is 11.6 Å². The van der Waals surface area contributed by atoms with Crippen LogP contribution in [0.2, 0.25) is 0 Å². The van der Waals surface area contributed by atoms with E-state index in [-0.39, 0.29) is 6.10 Å². The summed E-state index contributed by atoms with van der Waals surface area (Å²) in [5, 5.41) is 10.7. The second kappa shape index (κ2) is 4.46. The smallest absolute Gasteiger partial charge is 0.0705 e. The summed E-state index contributed by atoms with van der Waals surface area (Å²) in [6, 6.07) is 12.5. The maximum atomic E-state index is 9.53. The predicted octanol–water partition coefficient (Wildman–Crippen LogP) is 2.94. The molecule has 1 aromatic heterocycles. The lowest BCUT2D eigenvalue weighted by molar-refractivity contribution is 0.177. The highest BCUT2D eigenvalue weighted by Gasteiger charge is 2.23. The topological polar surface area (TPSA) is 33.1 Å². The molecule has 1 N–H and O–H groups in total. The zero-order valence-electron chi connectivity index (χ0n) is 9.84. The molecule has 1 fully saturated rings. The molecule has 1 aromatic carbocycles. The molecule has 2 aromatic rings. The summed E-state index contributed by atoms with van der Waals surface area (Å²) in [5.74, 6) is 0.610. The molecule has 1 aliphatic rings. The van der Waals surface area contributed by atoms with Gasteiger partial charge in [-0.2, -0.15) is 0 Å². The lowest BCUT2D eigenvalue weighted by Crippen LogP contribution is -2.04. The van der Waals surface area contributed by atoms with Gasteiger partial charge in [0, 0.05) is 11.1 Å². The Kier molecular flexibility index (Phi) is 2.81. The summed E-state index contributed by atoms with van der Waals surface area (Å²) in [5.41, 5.74) is 2.23. The average Bonchev–Trinajstić information content (AvgIpc) is 2.75. The fourth-order valence-corrected chi connectivity index (χ4v) is 2.75. The number of aliphatic hydroxyl groups is 1.